The highest BCUT2D eigenvalue weighted by Gasteiger charge is 2.44. The number of cyclic esters (lactones) is 1. The molecule has 0 radical (unpaired) electrons. The van der Waals surface area contributed by atoms with Crippen molar-refractivity contribution in [1.29, 1.82) is 0 Å². The molecule has 10 heteroatoms. The number of carbonyl (C=O) groups is 3. The van der Waals surface area contributed by atoms with Crippen molar-refractivity contribution < 1.29 is 33.3 Å². The lowest BCUT2D eigenvalue weighted by molar-refractivity contribution is -0.148. The zero-order valence-electron chi connectivity index (χ0n) is 19.8. The Kier molecular flexibility index (Phi) is 7.64. The van der Waals surface area contributed by atoms with Crippen molar-refractivity contribution in [3.63, 3.8) is 0 Å². The van der Waals surface area contributed by atoms with Gasteiger partial charge in [0.15, 0.2) is 17.5 Å². The van der Waals surface area contributed by atoms with E-state index in [4.69, 9.17) is 18.9 Å². The van der Waals surface area contributed by atoms with Gasteiger partial charge in [0.05, 0.1) is 19.8 Å². The summed E-state index contributed by atoms with van der Waals surface area (Å²) < 4.78 is 21.7. The Balaban J connectivity index is 1.34. The molecule has 0 aromatic heterocycles. The van der Waals surface area contributed by atoms with Crippen LogP contribution in [0.25, 0.3) is 0 Å². The van der Waals surface area contributed by atoms with Gasteiger partial charge in [0.2, 0.25) is 0 Å². The fraction of sp³-hybridized carbons (Fsp3) is 0.625. The predicted molar refractivity (Wildman–Crippen MR) is 123 cm³/mol. The molecule has 10 nitrogen and oxygen atoms in total. The third-order valence-corrected chi connectivity index (χ3v) is 6.63. The molecule has 2 heterocycles. The van der Waals surface area contributed by atoms with E-state index in [2.05, 4.69) is 5.32 Å². The minimum atomic E-state index is -0.726. The van der Waals surface area contributed by atoms with E-state index in [1.54, 1.807) is 37.1 Å². The molecule has 1 saturated carbocycles. The first-order valence-electron chi connectivity index (χ1n) is 12.0. The van der Waals surface area contributed by atoms with Crippen molar-refractivity contribution in [3.05, 3.63) is 18.2 Å². The van der Waals surface area contributed by atoms with Crippen LogP contribution in [0.1, 0.15) is 45.4 Å². The Morgan fingerprint density at radius 2 is 1.85 bits per heavy atom. The topological polar surface area (TPSA) is 107 Å². The number of piperidine rings is 1. The third-order valence-electron chi connectivity index (χ3n) is 6.63. The summed E-state index contributed by atoms with van der Waals surface area (Å²) in [6, 6.07) is 4.25. The maximum atomic E-state index is 12.9. The molecule has 3 aliphatic rings. The largest absolute Gasteiger partial charge is 0.493 e. The average Bonchev–Trinajstić information content (AvgIpc) is 3.49. The van der Waals surface area contributed by atoms with Crippen molar-refractivity contribution in [1.82, 2.24) is 9.80 Å². The lowest BCUT2D eigenvalue weighted by Crippen LogP contribution is -2.52. The second-order valence-electron chi connectivity index (χ2n) is 8.79. The first-order valence-corrected chi connectivity index (χ1v) is 12.0. The standard InChI is InChI=1S/C24H33N3O7/c1-3-32-22(28)19-15-33-24(30)27(19)17-10-12-26(13-11-17)23(29)25-16-8-9-20(31-2)21(14-16)34-18-6-4-5-7-18/h8-9,14,17-19H,3-7,10-13,15H2,1-2H3,(H,25,29). The number of ether oxygens (including phenoxy) is 4. The summed E-state index contributed by atoms with van der Waals surface area (Å²) in [4.78, 5) is 40.5. The highest BCUT2D eigenvalue weighted by molar-refractivity contribution is 5.90. The molecule has 3 fully saturated rings. The number of hydrogen-bond donors (Lipinski definition) is 1. The SMILES string of the molecule is CCOC(=O)C1COC(=O)N1C1CCN(C(=O)Nc2ccc(OC)c(OC3CCCC3)c2)CC1. The fourth-order valence-electron chi connectivity index (χ4n) is 4.84. The molecule has 0 bridgehead atoms. The van der Waals surface area contributed by atoms with E-state index in [0.29, 0.717) is 43.1 Å². The van der Waals surface area contributed by atoms with Crippen molar-refractivity contribution >= 4 is 23.8 Å². The van der Waals surface area contributed by atoms with Gasteiger partial charge >= 0.3 is 18.1 Å². The third kappa shape index (κ3) is 5.31. The van der Waals surface area contributed by atoms with Gasteiger partial charge in [-0.3, -0.25) is 4.90 Å². The number of anilines is 1. The molecule has 1 unspecified atom stereocenters. The van der Waals surface area contributed by atoms with Crippen LogP contribution < -0.4 is 14.8 Å². The maximum Gasteiger partial charge on any atom is 0.410 e. The number of amides is 3. The number of likely N-dealkylation sites (tertiary alicyclic amines) is 1. The maximum absolute atomic E-state index is 12.9. The summed E-state index contributed by atoms with van der Waals surface area (Å²) in [5.74, 6) is 0.812. The van der Waals surface area contributed by atoms with E-state index < -0.39 is 18.1 Å². The van der Waals surface area contributed by atoms with Crippen LogP contribution in [-0.4, -0.2) is 79.5 Å². The summed E-state index contributed by atoms with van der Waals surface area (Å²) in [5.41, 5.74) is 0.631. The molecule has 4 rings (SSSR count). The number of esters is 1. The Labute approximate surface area is 199 Å². The van der Waals surface area contributed by atoms with Crippen LogP contribution >= 0.6 is 0 Å². The van der Waals surface area contributed by atoms with Gasteiger partial charge < -0.3 is 29.2 Å². The molecule has 34 heavy (non-hydrogen) atoms. The Bertz CT molecular complexity index is 895. The first kappa shape index (κ1) is 24.0. The Morgan fingerprint density at radius 1 is 1.12 bits per heavy atom. The lowest BCUT2D eigenvalue weighted by Gasteiger charge is -2.37. The number of hydrogen-bond acceptors (Lipinski definition) is 7. The Morgan fingerprint density at radius 3 is 2.53 bits per heavy atom. The number of methoxy groups -OCH3 is 1. The highest BCUT2D eigenvalue weighted by Crippen LogP contribution is 2.34. The first-order chi connectivity index (χ1) is 16.5. The fourth-order valence-corrected chi connectivity index (χ4v) is 4.84. The van der Waals surface area contributed by atoms with E-state index >= 15 is 0 Å². The molecule has 186 valence electrons. The van der Waals surface area contributed by atoms with Gasteiger partial charge in [-0.05, 0) is 57.6 Å². The number of benzene rings is 1. The minimum Gasteiger partial charge on any atom is -0.493 e. The van der Waals surface area contributed by atoms with Crippen LogP contribution in [0, 0.1) is 0 Å². The number of nitrogens with one attached hydrogen (secondary N) is 1. The van der Waals surface area contributed by atoms with Gasteiger partial charge in [0.1, 0.15) is 6.61 Å². The molecule has 1 aromatic carbocycles. The van der Waals surface area contributed by atoms with Crippen LogP contribution in [0.15, 0.2) is 18.2 Å². The van der Waals surface area contributed by atoms with Gasteiger partial charge in [-0.2, -0.15) is 0 Å². The van der Waals surface area contributed by atoms with Crippen molar-refractivity contribution in [3.8, 4) is 11.5 Å². The molecule has 3 amide bonds. The molecule has 0 spiro atoms. The zero-order chi connectivity index (χ0) is 24.1. The smallest absolute Gasteiger partial charge is 0.410 e. The molecule has 1 atom stereocenters. The van der Waals surface area contributed by atoms with E-state index in [1.165, 1.54) is 4.90 Å². The van der Waals surface area contributed by atoms with Gasteiger partial charge in [0, 0.05) is 30.9 Å². The number of carbonyl (C=O) groups excluding carboxylic acids is 3. The van der Waals surface area contributed by atoms with Gasteiger partial charge in [0.25, 0.3) is 0 Å². The lowest BCUT2D eigenvalue weighted by atomic mass is 10.0. The van der Waals surface area contributed by atoms with Crippen molar-refractivity contribution in [2.75, 3.05) is 38.7 Å². The van der Waals surface area contributed by atoms with Gasteiger partial charge in [-0.1, -0.05) is 0 Å². The average molecular weight is 476 g/mol. The number of rotatable bonds is 7. The summed E-state index contributed by atoms with van der Waals surface area (Å²) >= 11 is 0. The summed E-state index contributed by atoms with van der Waals surface area (Å²) in [7, 11) is 1.60. The molecular weight excluding hydrogens is 442 g/mol. The molecule has 2 aliphatic heterocycles. The summed E-state index contributed by atoms with van der Waals surface area (Å²) in [6.45, 7) is 2.88. The van der Waals surface area contributed by atoms with E-state index in [1.807, 2.05) is 0 Å². The number of nitrogens with zero attached hydrogens (tertiary/aromatic N) is 2. The Hall–Kier alpha value is -3.17. The van der Waals surface area contributed by atoms with Crippen LogP contribution in [-0.2, 0) is 14.3 Å². The predicted octanol–water partition coefficient (Wildman–Crippen LogP) is 3.40. The monoisotopic (exact) mass is 475 g/mol. The minimum absolute atomic E-state index is 0.00109. The summed E-state index contributed by atoms with van der Waals surface area (Å²) in [5, 5.41) is 2.94. The molecule has 1 aromatic rings. The molecule has 1 N–H and O–H groups in total. The summed E-state index contributed by atoms with van der Waals surface area (Å²) in [6.07, 6.45) is 5.15. The molecule has 2 saturated heterocycles. The highest BCUT2D eigenvalue weighted by atomic mass is 16.6. The van der Waals surface area contributed by atoms with Crippen LogP contribution in [0.2, 0.25) is 0 Å². The molecular formula is C24H33N3O7. The second-order valence-corrected chi connectivity index (χ2v) is 8.79. The van der Waals surface area contributed by atoms with Crippen molar-refractivity contribution in [2.45, 2.75) is 63.6 Å². The van der Waals surface area contributed by atoms with E-state index in [-0.39, 0.29) is 31.4 Å². The zero-order valence-corrected chi connectivity index (χ0v) is 19.8. The second kappa shape index (κ2) is 10.8. The van der Waals surface area contributed by atoms with Crippen molar-refractivity contribution in [2.24, 2.45) is 0 Å². The van der Waals surface area contributed by atoms with Crippen LogP contribution in [0.4, 0.5) is 15.3 Å². The van der Waals surface area contributed by atoms with E-state index in [9.17, 15) is 14.4 Å². The van der Waals surface area contributed by atoms with E-state index in [0.717, 1.165) is 25.7 Å². The quantitative estimate of drug-likeness (QED) is 0.603. The normalized spacial score (nSPS) is 21.4. The van der Waals surface area contributed by atoms with Crippen LogP contribution in [0.3, 0.4) is 0 Å². The van der Waals surface area contributed by atoms with Gasteiger partial charge in [-0.15, -0.1) is 0 Å². The molecule has 1 aliphatic carbocycles. The number of urea groups is 1. The van der Waals surface area contributed by atoms with Gasteiger partial charge in [-0.25, -0.2) is 14.4 Å². The van der Waals surface area contributed by atoms with Crippen LogP contribution in [0.5, 0.6) is 11.5 Å².